The second-order valence-electron chi connectivity index (χ2n) is 5.35. The van der Waals surface area contributed by atoms with Crippen LogP contribution in [-0.2, 0) is 9.59 Å². The van der Waals surface area contributed by atoms with E-state index >= 15 is 0 Å². The van der Waals surface area contributed by atoms with Gasteiger partial charge in [0.05, 0.1) is 0 Å². The molecule has 0 radical (unpaired) electrons. The van der Waals surface area contributed by atoms with Crippen LogP contribution in [0.5, 0.6) is 0 Å². The van der Waals surface area contributed by atoms with E-state index in [0.29, 0.717) is 24.6 Å². The lowest BCUT2D eigenvalue weighted by Crippen LogP contribution is -2.26. The standard InChI is InChI=1S/C15H23N3O2/c1-10(2)8-14(19)17-12-4-6-13(7-5-12)18-15(20)11(3)9-16/h4-7,10-11H,8-9,16H2,1-3H3,(H,17,19)(H,18,20). The molecule has 0 aliphatic carbocycles. The summed E-state index contributed by atoms with van der Waals surface area (Å²) in [6, 6.07) is 7.04. The summed E-state index contributed by atoms with van der Waals surface area (Å²) in [4.78, 5) is 23.3. The third-order valence-electron chi connectivity index (χ3n) is 2.83. The van der Waals surface area contributed by atoms with E-state index in [0.717, 1.165) is 5.69 Å². The minimum Gasteiger partial charge on any atom is -0.330 e. The summed E-state index contributed by atoms with van der Waals surface area (Å²) in [7, 11) is 0. The molecule has 0 aliphatic heterocycles. The highest BCUT2D eigenvalue weighted by atomic mass is 16.2. The van der Waals surface area contributed by atoms with Crippen LogP contribution in [0.3, 0.4) is 0 Å². The lowest BCUT2D eigenvalue weighted by Gasteiger charge is -2.11. The fourth-order valence-electron chi connectivity index (χ4n) is 1.59. The molecule has 0 spiro atoms. The Labute approximate surface area is 119 Å². The molecule has 0 aromatic heterocycles. The Kier molecular flexibility index (Phi) is 6.18. The van der Waals surface area contributed by atoms with Gasteiger partial charge in [0.15, 0.2) is 0 Å². The van der Waals surface area contributed by atoms with Gasteiger partial charge in [0.1, 0.15) is 0 Å². The van der Waals surface area contributed by atoms with Crippen molar-refractivity contribution in [3.05, 3.63) is 24.3 Å². The van der Waals surface area contributed by atoms with E-state index in [9.17, 15) is 9.59 Å². The maximum absolute atomic E-state index is 11.7. The third-order valence-corrected chi connectivity index (χ3v) is 2.83. The van der Waals surface area contributed by atoms with Gasteiger partial charge in [0, 0.05) is 30.3 Å². The zero-order chi connectivity index (χ0) is 15.1. The van der Waals surface area contributed by atoms with Crippen LogP contribution < -0.4 is 16.4 Å². The molecular formula is C15H23N3O2. The molecule has 5 nitrogen and oxygen atoms in total. The molecule has 1 aromatic rings. The quantitative estimate of drug-likeness (QED) is 0.745. The number of nitrogens with one attached hydrogen (secondary N) is 2. The molecule has 0 fully saturated rings. The zero-order valence-electron chi connectivity index (χ0n) is 12.3. The minimum absolute atomic E-state index is 0.00598. The predicted octanol–water partition coefficient (Wildman–Crippen LogP) is 2.20. The highest BCUT2D eigenvalue weighted by molar-refractivity contribution is 5.93. The smallest absolute Gasteiger partial charge is 0.228 e. The summed E-state index contributed by atoms with van der Waals surface area (Å²) >= 11 is 0. The van der Waals surface area contributed by atoms with Crippen molar-refractivity contribution in [2.24, 2.45) is 17.6 Å². The van der Waals surface area contributed by atoms with Crippen molar-refractivity contribution in [2.45, 2.75) is 27.2 Å². The van der Waals surface area contributed by atoms with Gasteiger partial charge in [0.2, 0.25) is 11.8 Å². The number of nitrogens with two attached hydrogens (primary N) is 1. The molecule has 20 heavy (non-hydrogen) atoms. The first-order chi connectivity index (χ1) is 9.42. The first-order valence-corrected chi connectivity index (χ1v) is 6.83. The van der Waals surface area contributed by atoms with E-state index in [1.807, 2.05) is 13.8 Å². The Bertz CT molecular complexity index is 455. The third kappa shape index (κ3) is 5.40. The predicted molar refractivity (Wildman–Crippen MR) is 81.4 cm³/mol. The summed E-state index contributed by atoms with van der Waals surface area (Å²) < 4.78 is 0. The second kappa shape index (κ2) is 7.65. The van der Waals surface area contributed by atoms with Crippen LogP contribution >= 0.6 is 0 Å². The molecule has 0 saturated carbocycles. The van der Waals surface area contributed by atoms with Gasteiger partial charge in [-0.2, -0.15) is 0 Å². The van der Waals surface area contributed by atoms with Crippen molar-refractivity contribution >= 4 is 23.2 Å². The van der Waals surface area contributed by atoms with Gasteiger partial charge < -0.3 is 16.4 Å². The number of carbonyl (C=O) groups excluding carboxylic acids is 2. The van der Waals surface area contributed by atoms with Crippen LogP contribution in [0.15, 0.2) is 24.3 Å². The molecule has 110 valence electrons. The Morgan fingerprint density at radius 2 is 1.55 bits per heavy atom. The van der Waals surface area contributed by atoms with Crippen molar-refractivity contribution in [1.29, 1.82) is 0 Å². The molecule has 0 saturated heterocycles. The Morgan fingerprint density at radius 3 is 2.00 bits per heavy atom. The molecular weight excluding hydrogens is 254 g/mol. The van der Waals surface area contributed by atoms with E-state index in [-0.39, 0.29) is 17.7 Å². The van der Waals surface area contributed by atoms with Crippen LogP contribution in [0.1, 0.15) is 27.2 Å². The lowest BCUT2D eigenvalue weighted by atomic mass is 10.1. The average molecular weight is 277 g/mol. The normalized spacial score (nSPS) is 12.1. The topological polar surface area (TPSA) is 84.2 Å². The first kappa shape index (κ1) is 16.2. The maximum Gasteiger partial charge on any atom is 0.228 e. The van der Waals surface area contributed by atoms with Crippen molar-refractivity contribution in [1.82, 2.24) is 0 Å². The molecule has 1 aromatic carbocycles. The second-order valence-corrected chi connectivity index (χ2v) is 5.35. The molecule has 0 heterocycles. The van der Waals surface area contributed by atoms with Gasteiger partial charge in [-0.05, 0) is 30.2 Å². The highest BCUT2D eigenvalue weighted by Gasteiger charge is 2.11. The van der Waals surface area contributed by atoms with E-state index in [1.165, 1.54) is 0 Å². The minimum atomic E-state index is -0.222. The van der Waals surface area contributed by atoms with E-state index in [2.05, 4.69) is 10.6 Å². The van der Waals surface area contributed by atoms with Crippen molar-refractivity contribution in [3.8, 4) is 0 Å². The van der Waals surface area contributed by atoms with Crippen LogP contribution in [0, 0.1) is 11.8 Å². The average Bonchev–Trinajstić information content (AvgIpc) is 2.39. The first-order valence-electron chi connectivity index (χ1n) is 6.83. The van der Waals surface area contributed by atoms with Gasteiger partial charge in [-0.25, -0.2) is 0 Å². The van der Waals surface area contributed by atoms with Crippen LogP contribution in [0.2, 0.25) is 0 Å². The molecule has 0 bridgehead atoms. The number of hydrogen-bond acceptors (Lipinski definition) is 3. The summed E-state index contributed by atoms with van der Waals surface area (Å²) in [6.45, 7) is 6.08. The maximum atomic E-state index is 11.7. The van der Waals surface area contributed by atoms with Gasteiger partial charge in [0.25, 0.3) is 0 Å². The summed E-state index contributed by atoms with van der Waals surface area (Å²) in [6.07, 6.45) is 0.493. The monoisotopic (exact) mass is 277 g/mol. The number of hydrogen-bond donors (Lipinski definition) is 3. The molecule has 4 N–H and O–H groups in total. The zero-order valence-corrected chi connectivity index (χ0v) is 12.3. The number of amides is 2. The summed E-state index contributed by atoms with van der Waals surface area (Å²) in [5.41, 5.74) is 6.85. The molecule has 1 rings (SSSR count). The summed E-state index contributed by atoms with van der Waals surface area (Å²) in [5, 5.41) is 5.59. The molecule has 2 amide bonds. The van der Waals surface area contributed by atoms with Gasteiger partial charge in [-0.1, -0.05) is 20.8 Å². The highest BCUT2D eigenvalue weighted by Crippen LogP contribution is 2.15. The number of carbonyl (C=O) groups is 2. The van der Waals surface area contributed by atoms with E-state index < -0.39 is 0 Å². The van der Waals surface area contributed by atoms with Crippen LogP contribution in [0.25, 0.3) is 0 Å². The SMILES string of the molecule is CC(C)CC(=O)Nc1ccc(NC(=O)C(C)CN)cc1. The van der Waals surface area contributed by atoms with Crippen molar-refractivity contribution < 1.29 is 9.59 Å². The molecule has 0 aliphatic rings. The lowest BCUT2D eigenvalue weighted by molar-refractivity contribution is -0.119. The van der Waals surface area contributed by atoms with Crippen LogP contribution in [0.4, 0.5) is 11.4 Å². The Hall–Kier alpha value is -1.88. The Morgan fingerprint density at radius 1 is 1.05 bits per heavy atom. The van der Waals surface area contributed by atoms with Gasteiger partial charge >= 0.3 is 0 Å². The van der Waals surface area contributed by atoms with Gasteiger partial charge in [-0.15, -0.1) is 0 Å². The Balaban J connectivity index is 2.56. The van der Waals surface area contributed by atoms with Crippen molar-refractivity contribution in [3.63, 3.8) is 0 Å². The number of rotatable bonds is 6. The largest absolute Gasteiger partial charge is 0.330 e. The van der Waals surface area contributed by atoms with E-state index in [1.54, 1.807) is 31.2 Å². The molecule has 1 atom stereocenters. The number of benzene rings is 1. The van der Waals surface area contributed by atoms with Gasteiger partial charge in [-0.3, -0.25) is 9.59 Å². The summed E-state index contributed by atoms with van der Waals surface area (Å²) in [5.74, 6) is -0.00985. The molecule has 5 heteroatoms. The molecule has 1 unspecified atom stereocenters. The van der Waals surface area contributed by atoms with E-state index in [4.69, 9.17) is 5.73 Å². The van der Waals surface area contributed by atoms with Crippen LogP contribution in [-0.4, -0.2) is 18.4 Å². The number of anilines is 2. The fourth-order valence-corrected chi connectivity index (χ4v) is 1.59. The fraction of sp³-hybridized carbons (Fsp3) is 0.467. The van der Waals surface area contributed by atoms with Crippen molar-refractivity contribution in [2.75, 3.05) is 17.2 Å².